The first-order chi connectivity index (χ1) is 9.13. The van der Waals surface area contributed by atoms with Crippen LogP contribution < -0.4 is 0 Å². The Bertz CT molecular complexity index is 504. The molecule has 0 radical (unpaired) electrons. The van der Waals surface area contributed by atoms with E-state index >= 15 is 0 Å². The molecule has 100 valence electrons. The van der Waals surface area contributed by atoms with Crippen molar-refractivity contribution in [2.45, 2.75) is 51.1 Å². The normalized spacial score (nSPS) is 25.7. The molecular weight excluding hydrogens is 234 g/mol. The third-order valence-corrected chi connectivity index (χ3v) is 4.39. The predicted octanol–water partition coefficient (Wildman–Crippen LogP) is 3.25. The van der Waals surface area contributed by atoms with Crippen LogP contribution in [0.15, 0.2) is 36.4 Å². The fraction of sp³-hybridized carbons (Fsp3) is 0.471. The van der Waals surface area contributed by atoms with Gasteiger partial charge in [0.25, 0.3) is 0 Å². The second kappa shape index (κ2) is 4.84. The lowest BCUT2D eigenvalue weighted by molar-refractivity contribution is -0.134. The summed E-state index contributed by atoms with van der Waals surface area (Å²) in [7, 11) is 0. The summed E-state index contributed by atoms with van der Waals surface area (Å²) in [5.74, 6) is 0.297. The summed E-state index contributed by atoms with van der Waals surface area (Å²) in [5.41, 5.74) is 3.68. The lowest BCUT2D eigenvalue weighted by Gasteiger charge is -2.36. The van der Waals surface area contributed by atoms with Crippen LogP contribution in [-0.2, 0) is 11.2 Å². The van der Waals surface area contributed by atoms with Gasteiger partial charge in [-0.1, -0.05) is 42.0 Å². The molecule has 0 N–H and O–H groups in total. The number of nitrogens with zero attached hydrogens (tertiary/aromatic N) is 1. The summed E-state index contributed by atoms with van der Waals surface area (Å²) >= 11 is 0. The fourth-order valence-electron chi connectivity index (χ4n) is 3.61. The second-order valence-corrected chi connectivity index (χ2v) is 6.01. The third kappa shape index (κ3) is 2.44. The first-order valence-corrected chi connectivity index (χ1v) is 7.17. The van der Waals surface area contributed by atoms with Gasteiger partial charge in [-0.3, -0.25) is 4.79 Å². The zero-order valence-corrected chi connectivity index (χ0v) is 11.6. The number of aryl methyl sites for hydroxylation is 1. The maximum absolute atomic E-state index is 12.5. The highest BCUT2D eigenvalue weighted by Crippen LogP contribution is 2.37. The minimum atomic E-state index is 0.297. The summed E-state index contributed by atoms with van der Waals surface area (Å²) in [5, 5.41) is 0. The van der Waals surface area contributed by atoms with Gasteiger partial charge in [-0.2, -0.15) is 0 Å². The number of carbonyl (C=O) groups excluding carboxylic acids is 1. The van der Waals surface area contributed by atoms with E-state index in [0.717, 1.165) is 31.2 Å². The van der Waals surface area contributed by atoms with Crippen LogP contribution in [0, 0.1) is 6.92 Å². The monoisotopic (exact) mass is 255 g/mol. The van der Waals surface area contributed by atoms with Crippen LogP contribution in [0.3, 0.4) is 0 Å². The smallest absolute Gasteiger partial charge is 0.227 e. The van der Waals surface area contributed by atoms with E-state index in [4.69, 9.17) is 0 Å². The van der Waals surface area contributed by atoms with E-state index in [2.05, 4.69) is 36.6 Å². The number of hydrogen-bond acceptors (Lipinski definition) is 1. The number of rotatable bonds is 2. The second-order valence-electron chi connectivity index (χ2n) is 6.01. The molecule has 0 spiro atoms. The summed E-state index contributed by atoms with van der Waals surface area (Å²) in [6, 6.07) is 9.11. The van der Waals surface area contributed by atoms with Gasteiger partial charge in [0.1, 0.15) is 0 Å². The molecule has 2 heteroatoms. The summed E-state index contributed by atoms with van der Waals surface area (Å²) in [6.07, 6.45) is 4.87. The Morgan fingerprint density at radius 3 is 2.63 bits per heavy atom. The predicted molar refractivity (Wildman–Crippen MR) is 76.9 cm³/mol. The molecule has 2 atom stereocenters. The Balaban J connectivity index is 1.73. The fourth-order valence-corrected chi connectivity index (χ4v) is 3.61. The Morgan fingerprint density at radius 2 is 2.00 bits per heavy atom. The molecule has 1 aromatic carbocycles. The Labute approximate surface area is 115 Å². The van der Waals surface area contributed by atoms with E-state index in [9.17, 15) is 4.79 Å². The molecule has 2 saturated heterocycles. The van der Waals surface area contributed by atoms with Gasteiger partial charge in [0, 0.05) is 12.1 Å². The van der Waals surface area contributed by atoms with Gasteiger partial charge in [-0.05, 0) is 38.2 Å². The molecule has 2 nitrogen and oxygen atoms in total. The van der Waals surface area contributed by atoms with Crippen LogP contribution in [0.1, 0.15) is 36.8 Å². The first kappa shape index (κ1) is 12.5. The van der Waals surface area contributed by atoms with Crippen LogP contribution in [0.5, 0.6) is 0 Å². The van der Waals surface area contributed by atoms with Crippen molar-refractivity contribution in [2.75, 3.05) is 0 Å². The SMILES string of the molecule is C=C1CC2CCC(C1)N2C(=O)Cc1cccc(C)c1. The summed E-state index contributed by atoms with van der Waals surface area (Å²) in [4.78, 5) is 14.7. The molecule has 19 heavy (non-hydrogen) atoms. The highest BCUT2D eigenvalue weighted by molar-refractivity contribution is 5.80. The van der Waals surface area contributed by atoms with Crippen LogP contribution >= 0.6 is 0 Å². The first-order valence-electron chi connectivity index (χ1n) is 7.17. The number of carbonyl (C=O) groups is 1. The molecule has 0 aromatic heterocycles. The maximum atomic E-state index is 12.5. The van der Waals surface area contributed by atoms with E-state index in [1.54, 1.807) is 0 Å². The van der Waals surface area contributed by atoms with Gasteiger partial charge >= 0.3 is 0 Å². The maximum Gasteiger partial charge on any atom is 0.227 e. The molecule has 2 bridgehead atoms. The number of amides is 1. The zero-order valence-electron chi connectivity index (χ0n) is 11.6. The van der Waals surface area contributed by atoms with Gasteiger partial charge in [-0.25, -0.2) is 0 Å². The van der Waals surface area contributed by atoms with Crippen molar-refractivity contribution in [1.82, 2.24) is 4.90 Å². The molecule has 2 heterocycles. The van der Waals surface area contributed by atoms with E-state index in [1.807, 2.05) is 6.07 Å². The van der Waals surface area contributed by atoms with Crippen molar-refractivity contribution in [1.29, 1.82) is 0 Å². The quantitative estimate of drug-likeness (QED) is 0.743. The van der Waals surface area contributed by atoms with E-state index in [0.29, 0.717) is 24.4 Å². The van der Waals surface area contributed by atoms with E-state index in [1.165, 1.54) is 11.1 Å². The van der Waals surface area contributed by atoms with Gasteiger partial charge in [0.2, 0.25) is 5.91 Å². The van der Waals surface area contributed by atoms with Crippen LogP contribution in [0.25, 0.3) is 0 Å². The molecule has 1 aromatic rings. The van der Waals surface area contributed by atoms with Crippen LogP contribution in [0.2, 0.25) is 0 Å². The molecule has 2 unspecified atom stereocenters. The Morgan fingerprint density at radius 1 is 1.32 bits per heavy atom. The van der Waals surface area contributed by atoms with E-state index < -0.39 is 0 Å². The van der Waals surface area contributed by atoms with Gasteiger partial charge < -0.3 is 4.90 Å². The number of hydrogen-bond donors (Lipinski definition) is 0. The number of piperidine rings is 1. The topological polar surface area (TPSA) is 20.3 Å². The molecule has 2 aliphatic heterocycles. The molecule has 1 amide bonds. The van der Waals surface area contributed by atoms with Crippen molar-refractivity contribution in [3.05, 3.63) is 47.5 Å². The minimum absolute atomic E-state index is 0.297. The highest BCUT2D eigenvalue weighted by Gasteiger charge is 2.40. The summed E-state index contributed by atoms with van der Waals surface area (Å²) < 4.78 is 0. The molecule has 2 fully saturated rings. The van der Waals surface area contributed by atoms with Crippen molar-refractivity contribution in [3.8, 4) is 0 Å². The standard InChI is InChI=1S/C17H21NO/c1-12-4-3-5-14(8-12)11-17(19)18-15-6-7-16(18)10-13(2)9-15/h3-5,8,15-16H,2,6-7,9-11H2,1H3. The van der Waals surface area contributed by atoms with Gasteiger partial charge in [0.15, 0.2) is 0 Å². The van der Waals surface area contributed by atoms with Crippen molar-refractivity contribution >= 4 is 5.91 Å². The van der Waals surface area contributed by atoms with Crippen LogP contribution in [0.4, 0.5) is 0 Å². The van der Waals surface area contributed by atoms with Crippen molar-refractivity contribution in [2.24, 2.45) is 0 Å². The molecular formula is C17H21NO. The van der Waals surface area contributed by atoms with Crippen molar-refractivity contribution < 1.29 is 4.79 Å². The minimum Gasteiger partial charge on any atom is -0.336 e. The third-order valence-electron chi connectivity index (χ3n) is 4.39. The average Bonchev–Trinajstić information content (AvgIpc) is 2.62. The number of fused-ring (bicyclic) bond motifs is 2. The lowest BCUT2D eigenvalue weighted by Crippen LogP contribution is -2.45. The Hall–Kier alpha value is -1.57. The highest BCUT2D eigenvalue weighted by atomic mass is 16.2. The van der Waals surface area contributed by atoms with E-state index in [-0.39, 0.29) is 0 Å². The van der Waals surface area contributed by atoms with Crippen LogP contribution in [-0.4, -0.2) is 22.9 Å². The largest absolute Gasteiger partial charge is 0.336 e. The average molecular weight is 255 g/mol. The molecule has 0 aliphatic carbocycles. The van der Waals surface area contributed by atoms with Gasteiger partial charge in [-0.15, -0.1) is 0 Å². The van der Waals surface area contributed by atoms with Crippen molar-refractivity contribution in [3.63, 3.8) is 0 Å². The molecule has 3 rings (SSSR count). The molecule has 0 saturated carbocycles. The Kier molecular flexibility index (Phi) is 3.17. The zero-order chi connectivity index (χ0) is 13.4. The molecule has 2 aliphatic rings. The number of benzene rings is 1. The lowest BCUT2D eigenvalue weighted by atomic mass is 9.97. The van der Waals surface area contributed by atoms with Gasteiger partial charge in [0.05, 0.1) is 6.42 Å². The summed E-state index contributed by atoms with van der Waals surface area (Å²) in [6.45, 7) is 6.18.